The minimum absolute atomic E-state index is 0.111. The van der Waals surface area contributed by atoms with E-state index in [-0.39, 0.29) is 31.4 Å². The lowest BCUT2D eigenvalue weighted by molar-refractivity contribution is -0.126. The van der Waals surface area contributed by atoms with Gasteiger partial charge in [-0.1, -0.05) is 18.2 Å². The van der Waals surface area contributed by atoms with Gasteiger partial charge in [-0.25, -0.2) is 0 Å². The predicted octanol–water partition coefficient (Wildman–Crippen LogP) is 2.54. The van der Waals surface area contributed by atoms with Crippen molar-refractivity contribution in [3.63, 3.8) is 0 Å². The molecule has 2 heterocycles. The number of fused-ring (bicyclic) bond motifs is 2. The molecular weight excluding hydrogens is 396 g/mol. The topological polar surface area (TPSA) is 85.9 Å². The summed E-state index contributed by atoms with van der Waals surface area (Å²) in [5, 5.41) is 5.75. The Morgan fingerprint density at radius 2 is 1.42 bits per heavy atom. The van der Waals surface area contributed by atoms with Crippen LogP contribution in [0.1, 0.15) is 36.0 Å². The first-order valence-electron chi connectivity index (χ1n) is 10.8. The standard InChI is InChI=1S/C24H28N2O5/c27-23(25-11-9-17-3-5-19-2-1-13-29-21(19)14-17)7-8-24(28)26-12-10-18-4-6-20-22(15-18)31-16-30-20/h3-6,14-15H,1-2,7-13,16H2,(H,25,27)(H,26,28). The average Bonchev–Trinajstić information content (AvgIpc) is 3.25. The average molecular weight is 424 g/mol. The molecule has 2 amide bonds. The molecule has 0 radical (unpaired) electrons. The Morgan fingerprint density at radius 1 is 0.774 bits per heavy atom. The first kappa shape index (κ1) is 21.0. The Bertz CT molecular complexity index is 944. The second kappa shape index (κ2) is 10.2. The van der Waals surface area contributed by atoms with Crippen LogP contribution in [-0.2, 0) is 28.9 Å². The Labute approximate surface area is 182 Å². The first-order valence-corrected chi connectivity index (χ1v) is 10.8. The second-order valence-corrected chi connectivity index (χ2v) is 7.78. The molecule has 0 saturated heterocycles. The lowest BCUT2D eigenvalue weighted by Crippen LogP contribution is -2.29. The van der Waals surface area contributed by atoms with E-state index in [1.807, 2.05) is 18.2 Å². The van der Waals surface area contributed by atoms with Crippen LogP contribution in [0.5, 0.6) is 17.2 Å². The fourth-order valence-corrected chi connectivity index (χ4v) is 3.73. The van der Waals surface area contributed by atoms with Crippen molar-refractivity contribution in [2.24, 2.45) is 0 Å². The molecule has 0 aromatic heterocycles. The summed E-state index contributed by atoms with van der Waals surface area (Å²) in [7, 11) is 0. The summed E-state index contributed by atoms with van der Waals surface area (Å²) in [5.74, 6) is 2.22. The molecule has 0 spiro atoms. The maximum absolute atomic E-state index is 12.0. The highest BCUT2D eigenvalue weighted by Gasteiger charge is 2.14. The van der Waals surface area contributed by atoms with Gasteiger partial charge in [0.05, 0.1) is 6.61 Å². The molecule has 0 aliphatic carbocycles. The van der Waals surface area contributed by atoms with Gasteiger partial charge in [0, 0.05) is 25.9 Å². The molecule has 164 valence electrons. The Kier molecular flexibility index (Phi) is 6.92. The third-order valence-electron chi connectivity index (χ3n) is 5.47. The Hall–Kier alpha value is -3.22. The number of rotatable bonds is 9. The van der Waals surface area contributed by atoms with E-state index in [4.69, 9.17) is 14.2 Å². The molecule has 2 aliphatic heterocycles. The molecule has 7 heteroatoms. The monoisotopic (exact) mass is 424 g/mol. The molecule has 0 atom stereocenters. The lowest BCUT2D eigenvalue weighted by Gasteiger charge is -2.18. The van der Waals surface area contributed by atoms with E-state index >= 15 is 0 Å². The van der Waals surface area contributed by atoms with Crippen LogP contribution in [0.15, 0.2) is 36.4 Å². The van der Waals surface area contributed by atoms with Crippen LogP contribution >= 0.6 is 0 Å². The van der Waals surface area contributed by atoms with Crippen LogP contribution in [0.3, 0.4) is 0 Å². The number of hydrogen-bond donors (Lipinski definition) is 2. The summed E-state index contributed by atoms with van der Waals surface area (Å²) in [4.78, 5) is 24.0. The highest BCUT2D eigenvalue weighted by Crippen LogP contribution is 2.32. The van der Waals surface area contributed by atoms with Crippen LogP contribution in [0.4, 0.5) is 0 Å². The van der Waals surface area contributed by atoms with Gasteiger partial charge < -0.3 is 24.8 Å². The zero-order chi connectivity index (χ0) is 21.5. The molecule has 7 nitrogen and oxygen atoms in total. The van der Waals surface area contributed by atoms with Crippen LogP contribution in [0, 0.1) is 0 Å². The Balaban J connectivity index is 1.09. The fraction of sp³-hybridized carbons (Fsp3) is 0.417. The van der Waals surface area contributed by atoms with Crippen molar-refractivity contribution in [1.82, 2.24) is 10.6 Å². The number of benzene rings is 2. The molecule has 0 saturated carbocycles. The van der Waals surface area contributed by atoms with Crippen molar-refractivity contribution in [2.45, 2.75) is 38.5 Å². The van der Waals surface area contributed by atoms with Gasteiger partial charge in [0.15, 0.2) is 11.5 Å². The molecular formula is C24H28N2O5. The summed E-state index contributed by atoms with van der Waals surface area (Å²) < 4.78 is 16.3. The van der Waals surface area contributed by atoms with Gasteiger partial charge in [-0.15, -0.1) is 0 Å². The van der Waals surface area contributed by atoms with E-state index in [9.17, 15) is 9.59 Å². The second-order valence-electron chi connectivity index (χ2n) is 7.78. The maximum Gasteiger partial charge on any atom is 0.231 e. The highest BCUT2D eigenvalue weighted by atomic mass is 16.7. The van der Waals surface area contributed by atoms with Gasteiger partial charge in [-0.2, -0.15) is 0 Å². The predicted molar refractivity (Wildman–Crippen MR) is 115 cm³/mol. The minimum Gasteiger partial charge on any atom is -0.493 e. The summed E-state index contributed by atoms with van der Waals surface area (Å²) in [6.45, 7) is 2.08. The number of hydrogen-bond acceptors (Lipinski definition) is 5. The van der Waals surface area contributed by atoms with Gasteiger partial charge in [-0.3, -0.25) is 9.59 Å². The smallest absolute Gasteiger partial charge is 0.231 e. The number of carbonyl (C=O) groups excluding carboxylic acids is 2. The lowest BCUT2D eigenvalue weighted by atomic mass is 10.0. The van der Waals surface area contributed by atoms with Crippen molar-refractivity contribution in [2.75, 3.05) is 26.5 Å². The van der Waals surface area contributed by atoms with Gasteiger partial charge in [0.25, 0.3) is 0 Å². The summed E-state index contributed by atoms with van der Waals surface area (Å²) in [6, 6.07) is 12.0. The fourth-order valence-electron chi connectivity index (χ4n) is 3.73. The quantitative estimate of drug-likeness (QED) is 0.646. The third kappa shape index (κ3) is 5.90. The van der Waals surface area contributed by atoms with Crippen molar-refractivity contribution in [3.05, 3.63) is 53.1 Å². The SMILES string of the molecule is O=C(CCC(=O)NCCc1ccc2c(c1)OCO2)NCCc1ccc2c(c1)OCCC2. The van der Waals surface area contributed by atoms with Gasteiger partial charge >= 0.3 is 0 Å². The van der Waals surface area contributed by atoms with Crippen LogP contribution in [-0.4, -0.2) is 38.3 Å². The molecule has 2 aromatic rings. The van der Waals surface area contributed by atoms with Crippen molar-refractivity contribution >= 4 is 11.8 Å². The maximum atomic E-state index is 12.0. The van der Waals surface area contributed by atoms with E-state index in [2.05, 4.69) is 28.8 Å². The molecule has 31 heavy (non-hydrogen) atoms. The van der Waals surface area contributed by atoms with E-state index in [1.54, 1.807) is 0 Å². The van der Waals surface area contributed by atoms with E-state index < -0.39 is 0 Å². The number of aryl methyl sites for hydroxylation is 1. The number of carbonyl (C=O) groups is 2. The van der Waals surface area contributed by atoms with Crippen LogP contribution < -0.4 is 24.8 Å². The minimum atomic E-state index is -0.122. The molecule has 0 bridgehead atoms. The van der Waals surface area contributed by atoms with Crippen molar-refractivity contribution in [3.8, 4) is 17.2 Å². The van der Waals surface area contributed by atoms with Crippen LogP contribution in [0.25, 0.3) is 0 Å². The molecule has 0 fully saturated rings. The van der Waals surface area contributed by atoms with Gasteiger partial charge in [-0.05, 0) is 60.6 Å². The molecule has 0 unspecified atom stereocenters. The molecule has 2 aliphatic rings. The van der Waals surface area contributed by atoms with E-state index in [0.29, 0.717) is 19.5 Å². The zero-order valence-corrected chi connectivity index (χ0v) is 17.6. The van der Waals surface area contributed by atoms with Gasteiger partial charge in [0.1, 0.15) is 5.75 Å². The summed E-state index contributed by atoms with van der Waals surface area (Å²) in [6.07, 6.45) is 3.92. The highest BCUT2D eigenvalue weighted by molar-refractivity contribution is 5.83. The first-order chi connectivity index (χ1) is 15.2. The molecule has 2 N–H and O–H groups in total. The van der Waals surface area contributed by atoms with Crippen molar-refractivity contribution in [1.29, 1.82) is 0 Å². The van der Waals surface area contributed by atoms with Gasteiger partial charge in [0.2, 0.25) is 18.6 Å². The number of amides is 2. The zero-order valence-electron chi connectivity index (χ0n) is 17.6. The largest absolute Gasteiger partial charge is 0.493 e. The summed E-state index contributed by atoms with van der Waals surface area (Å²) in [5.41, 5.74) is 3.46. The van der Waals surface area contributed by atoms with Crippen molar-refractivity contribution < 1.29 is 23.8 Å². The summed E-state index contributed by atoms with van der Waals surface area (Å²) >= 11 is 0. The molecule has 2 aromatic carbocycles. The van der Waals surface area contributed by atoms with E-state index in [0.717, 1.165) is 54.2 Å². The number of nitrogens with one attached hydrogen (secondary N) is 2. The normalized spacial score (nSPS) is 13.8. The molecule has 4 rings (SSSR count). The number of ether oxygens (including phenoxy) is 3. The Morgan fingerprint density at radius 3 is 2.16 bits per heavy atom. The van der Waals surface area contributed by atoms with Crippen LogP contribution in [0.2, 0.25) is 0 Å². The van der Waals surface area contributed by atoms with E-state index in [1.165, 1.54) is 5.56 Å². The third-order valence-corrected chi connectivity index (χ3v) is 5.47.